The summed E-state index contributed by atoms with van der Waals surface area (Å²) < 4.78 is 8.60. The molecule has 0 aliphatic rings. The molecule has 0 spiro atoms. The van der Waals surface area contributed by atoms with Crippen LogP contribution in [-0.2, 0) is 0 Å². The molecule has 26 heavy (non-hydrogen) atoms. The molecule has 3 nitrogen and oxygen atoms in total. The van der Waals surface area contributed by atoms with Crippen LogP contribution in [0.3, 0.4) is 0 Å². The van der Waals surface area contributed by atoms with Gasteiger partial charge in [0.1, 0.15) is 22.7 Å². The van der Waals surface area contributed by atoms with Crippen molar-refractivity contribution < 1.29 is 4.42 Å². The zero-order chi connectivity index (χ0) is 19.5. The third kappa shape index (κ3) is 5.47. The molecule has 1 heterocycles. The minimum absolute atomic E-state index is 1.19. The second kappa shape index (κ2) is 12.0. The molecule has 0 aliphatic carbocycles. The minimum Gasteiger partial charge on any atom is -0.450 e. The smallest absolute Gasteiger partial charge is 0.182 e. The lowest BCUT2D eigenvalue weighted by Gasteiger charge is -2.54. The van der Waals surface area contributed by atoms with Crippen LogP contribution < -0.4 is 4.23 Å². The maximum Gasteiger partial charge on any atom is 0.182 e. The zero-order valence-electron chi connectivity index (χ0n) is 18.4. The van der Waals surface area contributed by atoms with Gasteiger partial charge in [0, 0.05) is 0 Å². The fraction of sp³-hybridized carbons (Fsp3) is 0.857. The molecular formula is C21H44N2OSi2. The van der Waals surface area contributed by atoms with Crippen molar-refractivity contribution in [3.63, 3.8) is 0 Å². The van der Waals surface area contributed by atoms with E-state index in [-0.39, 0.29) is 0 Å². The lowest BCUT2D eigenvalue weighted by atomic mass is 10.5. The Morgan fingerprint density at radius 3 is 1.27 bits per heavy atom. The molecule has 0 bridgehead atoms. The molecular weight excluding hydrogens is 352 g/mol. The van der Waals surface area contributed by atoms with Crippen LogP contribution in [0.5, 0.6) is 0 Å². The van der Waals surface area contributed by atoms with E-state index in [1.54, 1.807) is 6.39 Å². The van der Waals surface area contributed by atoms with Crippen LogP contribution in [0.25, 0.3) is 0 Å². The number of anilines is 1. The number of oxazole rings is 1. The Labute approximate surface area is 165 Å². The summed E-state index contributed by atoms with van der Waals surface area (Å²) >= 11 is 0. The van der Waals surface area contributed by atoms with Crippen molar-refractivity contribution in [3.05, 3.63) is 12.7 Å². The molecule has 1 rings (SSSR count). The second-order valence-corrected chi connectivity index (χ2v) is 17.4. The fourth-order valence-corrected chi connectivity index (χ4v) is 21.2. The molecule has 0 aliphatic heterocycles. The molecule has 1 aromatic rings. The quantitative estimate of drug-likeness (QED) is 0.283. The average Bonchev–Trinajstić information content (AvgIpc) is 3.10. The molecule has 0 N–H and O–H groups in total. The predicted octanol–water partition coefficient (Wildman–Crippen LogP) is 7.83. The monoisotopic (exact) mass is 396 g/mol. The van der Waals surface area contributed by atoms with Gasteiger partial charge in [-0.25, -0.2) is 4.98 Å². The minimum atomic E-state index is -1.60. The summed E-state index contributed by atoms with van der Waals surface area (Å²) in [6.45, 7) is 14.3. The Hall–Kier alpha value is -0.556. The Morgan fingerprint density at radius 1 is 0.692 bits per heavy atom. The summed E-state index contributed by atoms with van der Waals surface area (Å²) in [7, 11) is -3.21. The second-order valence-electron chi connectivity index (χ2n) is 8.13. The molecule has 0 radical (unpaired) electrons. The lowest BCUT2D eigenvalue weighted by molar-refractivity contribution is 0.558. The van der Waals surface area contributed by atoms with E-state index >= 15 is 0 Å². The van der Waals surface area contributed by atoms with Crippen LogP contribution in [0.15, 0.2) is 17.1 Å². The van der Waals surface area contributed by atoms with Gasteiger partial charge in [-0.15, -0.1) is 0 Å². The van der Waals surface area contributed by atoms with Crippen molar-refractivity contribution in [2.24, 2.45) is 0 Å². The van der Waals surface area contributed by atoms with Gasteiger partial charge in [-0.05, 0) is 36.3 Å². The molecule has 0 fully saturated rings. The van der Waals surface area contributed by atoms with Crippen LogP contribution >= 0.6 is 0 Å². The highest BCUT2D eigenvalue weighted by molar-refractivity contribution is 7.02. The molecule has 5 heteroatoms. The SMILES string of the molecule is CCC[Si](CCC)(CCC)N(c1cocn1)[Si](CCC)(CCC)CCC. The first-order valence-corrected chi connectivity index (χ1v) is 16.4. The van der Waals surface area contributed by atoms with Gasteiger partial charge < -0.3 is 8.65 Å². The summed E-state index contributed by atoms with van der Waals surface area (Å²) in [4.78, 5) is 4.77. The lowest BCUT2D eigenvalue weighted by Crippen LogP contribution is -2.67. The van der Waals surface area contributed by atoms with Crippen LogP contribution in [0.2, 0.25) is 36.3 Å². The van der Waals surface area contributed by atoms with Crippen LogP contribution in [0.1, 0.15) is 80.1 Å². The highest BCUT2D eigenvalue weighted by atomic mass is 28.4. The van der Waals surface area contributed by atoms with Gasteiger partial charge in [0.2, 0.25) is 0 Å². The van der Waals surface area contributed by atoms with Crippen molar-refractivity contribution in [2.45, 2.75) is 116 Å². The van der Waals surface area contributed by atoms with E-state index in [2.05, 4.69) is 45.8 Å². The largest absolute Gasteiger partial charge is 0.450 e. The van der Waals surface area contributed by atoms with Gasteiger partial charge >= 0.3 is 0 Å². The highest BCUT2D eigenvalue weighted by Gasteiger charge is 2.49. The number of hydrogen-bond acceptors (Lipinski definition) is 3. The van der Waals surface area contributed by atoms with Crippen molar-refractivity contribution in [1.29, 1.82) is 0 Å². The summed E-state index contributed by atoms with van der Waals surface area (Å²) in [5.74, 6) is 1.19. The summed E-state index contributed by atoms with van der Waals surface area (Å²) in [5, 5.41) is 0. The van der Waals surface area contributed by atoms with E-state index < -0.39 is 16.5 Å². The Morgan fingerprint density at radius 2 is 1.04 bits per heavy atom. The maximum absolute atomic E-state index is 5.55. The van der Waals surface area contributed by atoms with Gasteiger partial charge in [0.15, 0.2) is 12.2 Å². The van der Waals surface area contributed by atoms with Gasteiger partial charge in [0.05, 0.1) is 0 Å². The molecule has 1 aromatic heterocycles. The first-order chi connectivity index (χ1) is 12.6. The summed E-state index contributed by atoms with van der Waals surface area (Å²) in [6, 6.07) is 8.46. The van der Waals surface area contributed by atoms with Crippen molar-refractivity contribution in [3.8, 4) is 0 Å². The molecule has 0 amide bonds. The number of rotatable bonds is 15. The van der Waals surface area contributed by atoms with Gasteiger partial charge in [-0.3, -0.25) is 0 Å². The Kier molecular flexibility index (Phi) is 10.8. The number of aromatic nitrogens is 1. The predicted molar refractivity (Wildman–Crippen MR) is 121 cm³/mol. The van der Waals surface area contributed by atoms with Crippen LogP contribution in [-0.4, -0.2) is 21.5 Å². The molecule has 0 aromatic carbocycles. The summed E-state index contributed by atoms with van der Waals surface area (Å²) in [5.41, 5.74) is 0. The van der Waals surface area contributed by atoms with Crippen molar-refractivity contribution >= 4 is 22.3 Å². The molecule has 152 valence electrons. The first kappa shape index (κ1) is 23.5. The molecule has 0 saturated heterocycles. The van der Waals surface area contributed by atoms with E-state index in [0.717, 1.165) is 0 Å². The molecule has 0 unspecified atom stereocenters. The van der Waals surface area contributed by atoms with Crippen LogP contribution in [0.4, 0.5) is 5.82 Å². The van der Waals surface area contributed by atoms with E-state index in [1.165, 1.54) is 80.6 Å². The zero-order valence-corrected chi connectivity index (χ0v) is 20.4. The highest BCUT2D eigenvalue weighted by Crippen LogP contribution is 2.42. The molecule has 0 saturated carbocycles. The Bertz CT molecular complexity index is 405. The van der Waals surface area contributed by atoms with Crippen molar-refractivity contribution in [1.82, 2.24) is 4.98 Å². The van der Waals surface area contributed by atoms with E-state index in [9.17, 15) is 0 Å². The van der Waals surface area contributed by atoms with E-state index in [1.807, 2.05) is 6.26 Å². The van der Waals surface area contributed by atoms with E-state index in [4.69, 9.17) is 9.40 Å². The maximum atomic E-state index is 5.55. The normalized spacial score (nSPS) is 12.5. The average molecular weight is 397 g/mol. The molecule has 0 atom stereocenters. The number of hydrogen-bond donors (Lipinski definition) is 0. The van der Waals surface area contributed by atoms with E-state index in [0.29, 0.717) is 0 Å². The summed E-state index contributed by atoms with van der Waals surface area (Å²) in [6.07, 6.45) is 11.4. The van der Waals surface area contributed by atoms with Crippen LogP contribution in [0, 0.1) is 0 Å². The Balaban J connectivity index is 3.60. The van der Waals surface area contributed by atoms with Gasteiger partial charge in [-0.2, -0.15) is 0 Å². The van der Waals surface area contributed by atoms with Gasteiger partial charge in [-0.1, -0.05) is 80.1 Å². The fourth-order valence-electron chi connectivity index (χ4n) is 5.52. The standard InChI is InChI=1S/C21H44N2OSi2/c1-7-13-25(14-8-2,15-9-3)23(21-19-24-20-22-21)26(16-10-4,17-11-5)18-12-6/h19-20H,7-18H2,1-6H3. The van der Waals surface area contributed by atoms with Gasteiger partial charge in [0.25, 0.3) is 0 Å². The third-order valence-corrected chi connectivity index (χ3v) is 19.7. The third-order valence-electron chi connectivity index (χ3n) is 5.89. The van der Waals surface area contributed by atoms with Crippen molar-refractivity contribution in [2.75, 3.05) is 4.23 Å². The first-order valence-electron chi connectivity index (χ1n) is 11.3. The topological polar surface area (TPSA) is 29.3 Å². The number of nitrogens with zero attached hydrogens (tertiary/aromatic N) is 2.